The van der Waals surface area contributed by atoms with Crippen molar-refractivity contribution in [1.29, 1.82) is 0 Å². The summed E-state index contributed by atoms with van der Waals surface area (Å²) < 4.78 is 0. The van der Waals surface area contributed by atoms with Crippen molar-refractivity contribution in [3.05, 3.63) is 63.7 Å². The van der Waals surface area contributed by atoms with Crippen LogP contribution in [0.15, 0.2) is 47.6 Å². The number of hydrazone groups is 1. The Bertz CT molecular complexity index is 1170. The number of aromatic amines is 1. The molecule has 128 valence electrons. The van der Waals surface area contributed by atoms with Gasteiger partial charge < -0.3 is 4.98 Å². The molecule has 9 nitrogen and oxygen atoms in total. The number of nitro groups is 1. The molecule has 2 N–H and O–H groups in total. The van der Waals surface area contributed by atoms with Crippen LogP contribution in [0, 0.1) is 17.0 Å². The van der Waals surface area contributed by atoms with Crippen molar-refractivity contribution in [2.75, 3.05) is 5.43 Å². The summed E-state index contributed by atoms with van der Waals surface area (Å²) in [5.41, 5.74) is 6.31. The number of H-pyrrole nitrogens is 1. The van der Waals surface area contributed by atoms with Gasteiger partial charge in [0.2, 0.25) is 0 Å². The normalized spacial score (nSPS) is 11.4. The molecule has 0 amide bonds. The van der Waals surface area contributed by atoms with Crippen LogP contribution in [0.1, 0.15) is 11.1 Å². The topological polar surface area (TPSA) is 122 Å². The van der Waals surface area contributed by atoms with Crippen LogP contribution in [0.4, 0.5) is 11.6 Å². The Morgan fingerprint density at radius 3 is 2.92 bits per heavy atom. The molecule has 2 heterocycles. The Balaban J connectivity index is 1.62. The third-order valence-corrected chi connectivity index (χ3v) is 3.87. The average molecular weight is 347 g/mol. The van der Waals surface area contributed by atoms with Crippen molar-refractivity contribution in [2.45, 2.75) is 6.92 Å². The van der Waals surface area contributed by atoms with Crippen LogP contribution in [0.25, 0.3) is 22.1 Å². The first-order chi connectivity index (χ1) is 12.6. The van der Waals surface area contributed by atoms with E-state index >= 15 is 0 Å². The van der Waals surface area contributed by atoms with Crippen molar-refractivity contribution in [2.24, 2.45) is 5.10 Å². The molecule has 0 radical (unpaired) electrons. The maximum Gasteiger partial charge on any atom is 0.278 e. The fourth-order valence-electron chi connectivity index (χ4n) is 2.65. The largest absolute Gasteiger partial charge is 0.338 e. The summed E-state index contributed by atoms with van der Waals surface area (Å²) in [7, 11) is 0. The number of hydrogen-bond acceptors (Lipinski definition) is 7. The van der Waals surface area contributed by atoms with Crippen LogP contribution in [0.2, 0.25) is 0 Å². The second-order valence-electron chi connectivity index (χ2n) is 5.69. The Morgan fingerprint density at radius 1 is 1.23 bits per heavy atom. The van der Waals surface area contributed by atoms with Gasteiger partial charge in [-0.05, 0) is 25.1 Å². The van der Waals surface area contributed by atoms with E-state index in [1.54, 1.807) is 18.2 Å². The fraction of sp³-hybridized carbons (Fsp3) is 0.0588. The molecule has 2 aromatic heterocycles. The lowest BCUT2D eigenvalue weighted by molar-refractivity contribution is -0.385. The van der Waals surface area contributed by atoms with Crippen LogP contribution >= 0.6 is 0 Å². The molecular weight excluding hydrogens is 334 g/mol. The molecule has 4 aromatic rings. The first-order valence-corrected chi connectivity index (χ1v) is 7.77. The smallest absolute Gasteiger partial charge is 0.278 e. The summed E-state index contributed by atoms with van der Waals surface area (Å²) in [4.78, 5) is 18.1. The highest BCUT2D eigenvalue weighted by molar-refractivity contribution is 6.03. The number of benzene rings is 2. The number of aryl methyl sites for hydroxylation is 1. The molecule has 0 saturated carbocycles. The minimum atomic E-state index is -0.460. The maximum absolute atomic E-state index is 11.0. The Morgan fingerprint density at radius 2 is 2.08 bits per heavy atom. The van der Waals surface area contributed by atoms with Gasteiger partial charge in [0.05, 0.1) is 16.7 Å². The number of rotatable bonds is 4. The van der Waals surface area contributed by atoms with E-state index in [-0.39, 0.29) is 11.6 Å². The number of fused-ring (bicyclic) bond motifs is 3. The molecule has 0 aliphatic carbocycles. The molecule has 0 aliphatic heterocycles. The summed E-state index contributed by atoms with van der Waals surface area (Å²) in [5.74, 6) is 0.190. The van der Waals surface area contributed by atoms with Gasteiger partial charge >= 0.3 is 0 Å². The number of nitrogens with zero attached hydrogens (tertiary/aromatic N) is 5. The van der Waals surface area contributed by atoms with Gasteiger partial charge in [0.1, 0.15) is 5.52 Å². The lowest BCUT2D eigenvalue weighted by Gasteiger charge is -1.98. The molecule has 0 spiro atoms. The number of aromatic nitrogens is 4. The zero-order valence-electron chi connectivity index (χ0n) is 13.7. The lowest BCUT2D eigenvalue weighted by Crippen LogP contribution is -2.00. The molecule has 26 heavy (non-hydrogen) atoms. The van der Waals surface area contributed by atoms with Gasteiger partial charge in [-0.25, -0.2) is 5.43 Å². The van der Waals surface area contributed by atoms with Gasteiger partial charge in [0.15, 0.2) is 5.65 Å². The van der Waals surface area contributed by atoms with E-state index in [2.05, 4.69) is 30.7 Å². The minimum absolute atomic E-state index is 0.0291. The zero-order valence-corrected chi connectivity index (χ0v) is 13.7. The number of anilines is 1. The second kappa shape index (κ2) is 6.20. The molecule has 4 rings (SSSR count). The quantitative estimate of drug-likeness (QED) is 0.332. The number of para-hydroxylation sites is 1. The third kappa shape index (κ3) is 2.81. The summed E-state index contributed by atoms with van der Waals surface area (Å²) in [6.45, 7) is 2.01. The monoisotopic (exact) mass is 347 g/mol. The second-order valence-corrected chi connectivity index (χ2v) is 5.69. The lowest BCUT2D eigenvalue weighted by atomic mass is 10.2. The van der Waals surface area contributed by atoms with Crippen LogP contribution in [-0.4, -0.2) is 31.3 Å². The average Bonchev–Trinajstić information content (AvgIpc) is 2.99. The van der Waals surface area contributed by atoms with Gasteiger partial charge in [-0.1, -0.05) is 23.8 Å². The minimum Gasteiger partial charge on any atom is -0.338 e. The molecule has 0 atom stereocenters. The molecule has 0 aliphatic rings. The van der Waals surface area contributed by atoms with E-state index in [0.29, 0.717) is 16.7 Å². The van der Waals surface area contributed by atoms with Crippen LogP contribution < -0.4 is 5.43 Å². The highest BCUT2D eigenvalue weighted by atomic mass is 16.6. The summed E-state index contributed by atoms with van der Waals surface area (Å²) in [6.07, 6.45) is 1.35. The molecule has 2 aromatic carbocycles. The highest BCUT2D eigenvalue weighted by Gasteiger charge is 2.11. The molecule has 0 fully saturated rings. The van der Waals surface area contributed by atoms with E-state index in [4.69, 9.17) is 0 Å². The fourth-order valence-corrected chi connectivity index (χ4v) is 2.65. The van der Waals surface area contributed by atoms with Crippen LogP contribution in [0.3, 0.4) is 0 Å². The van der Waals surface area contributed by atoms with Crippen molar-refractivity contribution in [3.63, 3.8) is 0 Å². The highest BCUT2D eigenvalue weighted by Crippen LogP contribution is 2.23. The Labute approximate surface area is 146 Å². The predicted molar refractivity (Wildman–Crippen MR) is 98.2 cm³/mol. The van der Waals surface area contributed by atoms with Gasteiger partial charge in [0.25, 0.3) is 11.6 Å². The molecular formula is C17H13N7O2. The van der Waals surface area contributed by atoms with E-state index in [0.717, 1.165) is 16.5 Å². The van der Waals surface area contributed by atoms with Crippen LogP contribution in [-0.2, 0) is 0 Å². The first-order valence-electron chi connectivity index (χ1n) is 7.77. The molecule has 0 saturated heterocycles. The number of nitro benzene ring substituents is 1. The van der Waals surface area contributed by atoms with Gasteiger partial charge in [0, 0.05) is 17.0 Å². The maximum atomic E-state index is 11.0. The van der Waals surface area contributed by atoms with Gasteiger partial charge in [-0.3, -0.25) is 10.1 Å². The Hall–Kier alpha value is -3.88. The molecule has 0 unspecified atom stereocenters. The van der Waals surface area contributed by atoms with E-state index in [1.165, 1.54) is 12.3 Å². The standard InChI is InChI=1S/C17H13N7O2/c1-10-6-7-13-12(8-10)15-16(19-13)20-17(23-21-15)22-18-9-11-4-2-3-5-14(11)24(25)26/h2-9H,1H3,(H2,19,20,22,23). The molecule has 0 bridgehead atoms. The van der Waals surface area contributed by atoms with Crippen LogP contribution in [0.5, 0.6) is 0 Å². The van der Waals surface area contributed by atoms with E-state index < -0.39 is 4.92 Å². The van der Waals surface area contributed by atoms with Crippen molar-refractivity contribution < 1.29 is 4.92 Å². The Kier molecular flexibility index (Phi) is 3.73. The first kappa shape index (κ1) is 15.6. The van der Waals surface area contributed by atoms with Crippen molar-refractivity contribution in [3.8, 4) is 0 Å². The van der Waals surface area contributed by atoms with Crippen molar-refractivity contribution >= 4 is 39.9 Å². The van der Waals surface area contributed by atoms with Crippen molar-refractivity contribution in [1.82, 2.24) is 20.2 Å². The summed E-state index contributed by atoms with van der Waals surface area (Å²) >= 11 is 0. The SMILES string of the molecule is Cc1ccc2[nH]c3nc(NN=Cc4ccccc4[N+](=O)[O-])nnc3c2c1. The number of nitrogens with one attached hydrogen (secondary N) is 2. The third-order valence-electron chi connectivity index (χ3n) is 3.87. The summed E-state index contributed by atoms with van der Waals surface area (Å²) in [5, 5.41) is 24.1. The van der Waals surface area contributed by atoms with E-state index in [1.807, 2.05) is 25.1 Å². The van der Waals surface area contributed by atoms with E-state index in [9.17, 15) is 10.1 Å². The number of hydrogen-bond donors (Lipinski definition) is 2. The zero-order chi connectivity index (χ0) is 18.1. The van der Waals surface area contributed by atoms with Gasteiger partial charge in [-0.15, -0.1) is 10.2 Å². The predicted octanol–water partition coefficient (Wildman–Crippen LogP) is 3.17. The summed E-state index contributed by atoms with van der Waals surface area (Å²) in [6, 6.07) is 12.3. The van der Waals surface area contributed by atoms with Gasteiger partial charge in [-0.2, -0.15) is 10.1 Å². The molecule has 9 heteroatoms.